The summed E-state index contributed by atoms with van der Waals surface area (Å²) >= 11 is 3.48. The summed E-state index contributed by atoms with van der Waals surface area (Å²) in [6.45, 7) is 6.57. The van der Waals surface area contributed by atoms with Crippen LogP contribution in [0.3, 0.4) is 0 Å². The number of fused-ring (bicyclic) bond motifs is 3. The summed E-state index contributed by atoms with van der Waals surface area (Å²) in [7, 11) is 1.67. The quantitative estimate of drug-likeness (QED) is 0.631. The molecule has 2 heterocycles. The molecule has 0 saturated carbocycles. The Bertz CT molecular complexity index is 1070. The second kappa shape index (κ2) is 9.67. The van der Waals surface area contributed by atoms with Crippen molar-refractivity contribution in [3.05, 3.63) is 69.7 Å². The van der Waals surface area contributed by atoms with E-state index in [0.29, 0.717) is 6.54 Å². The van der Waals surface area contributed by atoms with Crippen LogP contribution in [0.1, 0.15) is 36.6 Å². The van der Waals surface area contributed by atoms with E-state index < -0.39 is 0 Å². The average molecular weight is 470 g/mol. The van der Waals surface area contributed by atoms with Crippen LogP contribution in [0.4, 0.5) is 0 Å². The number of amides is 1. The van der Waals surface area contributed by atoms with Gasteiger partial charge >= 0.3 is 0 Å². The molecule has 0 atom stereocenters. The normalized spacial score (nSPS) is 11.8. The van der Waals surface area contributed by atoms with Gasteiger partial charge in [0.25, 0.3) is 0 Å². The van der Waals surface area contributed by atoms with Gasteiger partial charge in [0, 0.05) is 29.1 Å². The summed E-state index contributed by atoms with van der Waals surface area (Å²) in [5.74, 6) is 2.53. The number of hydrogen-bond donors (Lipinski definition) is 1. The SMILES string of the molecule is CCNC(C)=O.COc1ccc2c(c1)C(c1ccc(Br)cc1)=NCc1nnc(C)n1-2. The second-order valence-corrected chi connectivity index (χ2v) is 7.56. The van der Waals surface area contributed by atoms with Crippen molar-refractivity contribution in [2.24, 2.45) is 4.99 Å². The molecule has 2 aromatic carbocycles. The smallest absolute Gasteiger partial charge is 0.216 e. The van der Waals surface area contributed by atoms with E-state index in [9.17, 15) is 4.79 Å². The molecule has 0 saturated heterocycles. The molecule has 0 radical (unpaired) electrons. The van der Waals surface area contributed by atoms with E-state index >= 15 is 0 Å². The van der Waals surface area contributed by atoms with Crippen molar-refractivity contribution in [3.63, 3.8) is 0 Å². The van der Waals surface area contributed by atoms with Gasteiger partial charge in [-0.3, -0.25) is 14.4 Å². The number of benzene rings is 2. The van der Waals surface area contributed by atoms with Crippen LogP contribution < -0.4 is 10.1 Å². The highest BCUT2D eigenvalue weighted by Crippen LogP contribution is 2.29. The molecule has 30 heavy (non-hydrogen) atoms. The average Bonchev–Trinajstić information content (AvgIpc) is 3.01. The minimum Gasteiger partial charge on any atom is -0.497 e. The Morgan fingerprint density at radius 2 is 1.93 bits per heavy atom. The highest BCUT2D eigenvalue weighted by atomic mass is 79.9. The van der Waals surface area contributed by atoms with E-state index in [2.05, 4.69) is 48.1 Å². The number of methoxy groups -OCH3 is 1. The van der Waals surface area contributed by atoms with Crippen molar-refractivity contribution in [2.75, 3.05) is 13.7 Å². The molecule has 1 aliphatic heterocycles. The van der Waals surface area contributed by atoms with Crippen molar-refractivity contribution in [2.45, 2.75) is 27.3 Å². The van der Waals surface area contributed by atoms with Crippen LogP contribution >= 0.6 is 15.9 Å². The van der Waals surface area contributed by atoms with Gasteiger partial charge in [-0.2, -0.15) is 0 Å². The van der Waals surface area contributed by atoms with Crippen LogP contribution in [0, 0.1) is 6.92 Å². The summed E-state index contributed by atoms with van der Waals surface area (Å²) in [6.07, 6.45) is 0. The maximum Gasteiger partial charge on any atom is 0.216 e. The van der Waals surface area contributed by atoms with E-state index in [4.69, 9.17) is 9.73 Å². The number of aliphatic imine (C=N–C) groups is 1. The van der Waals surface area contributed by atoms with Crippen LogP contribution in [0.25, 0.3) is 5.69 Å². The van der Waals surface area contributed by atoms with Crippen LogP contribution in [-0.4, -0.2) is 40.0 Å². The maximum atomic E-state index is 9.93. The van der Waals surface area contributed by atoms with Gasteiger partial charge in [0.05, 0.1) is 18.5 Å². The highest BCUT2D eigenvalue weighted by Gasteiger charge is 2.22. The topological polar surface area (TPSA) is 81.4 Å². The van der Waals surface area contributed by atoms with Gasteiger partial charge in [-0.05, 0) is 44.2 Å². The largest absolute Gasteiger partial charge is 0.497 e. The second-order valence-electron chi connectivity index (χ2n) is 6.64. The lowest BCUT2D eigenvalue weighted by Gasteiger charge is -2.14. The van der Waals surface area contributed by atoms with Crippen LogP contribution in [0.5, 0.6) is 5.75 Å². The molecule has 0 unspecified atom stereocenters. The van der Waals surface area contributed by atoms with Crippen molar-refractivity contribution < 1.29 is 9.53 Å². The van der Waals surface area contributed by atoms with E-state index in [1.807, 2.05) is 44.2 Å². The van der Waals surface area contributed by atoms with Gasteiger partial charge in [-0.15, -0.1) is 10.2 Å². The number of aromatic nitrogens is 3. The number of halogens is 1. The molecule has 4 rings (SSSR count). The first-order valence-electron chi connectivity index (χ1n) is 9.59. The fraction of sp³-hybridized carbons (Fsp3) is 0.273. The predicted molar refractivity (Wildman–Crippen MR) is 120 cm³/mol. The van der Waals surface area contributed by atoms with E-state index in [1.54, 1.807) is 7.11 Å². The van der Waals surface area contributed by atoms with E-state index in [0.717, 1.165) is 50.9 Å². The molecule has 1 aliphatic rings. The zero-order valence-electron chi connectivity index (χ0n) is 17.4. The summed E-state index contributed by atoms with van der Waals surface area (Å²) in [6, 6.07) is 14.2. The summed E-state index contributed by atoms with van der Waals surface area (Å²) in [4.78, 5) is 14.7. The van der Waals surface area contributed by atoms with Gasteiger partial charge in [-0.1, -0.05) is 28.1 Å². The zero-order valence-corrected chi connectivity index (χ0v) is 19.0. The van der Waals surface area contributed by atoms with Crippen LogP contribution in [-0.2, 0) is 11.3 Å². The van der Waals surface area contributed by atoms with Crippen molar-refractivity contribution in [3.8, 4) is 11.4 Å². The predicted octanol–water partition coefficient (Wildman–Crippen LogP) is 3.84. The number of carbonyl (C=O) groups is 1. The molecule has 0 fully saturated rings. The third kappa shape index (κ3) is 4.76. The number of aryl methyl sites for hydroxylation is 1. The minimum atomic E-state index is 0.0394. The molecule has 8 heteroatoms. The fourth-order valence-electron chi connectivity index (χ4n) is 3.19. The van der Waals surface area contributed by atoms with Crippen LogP contribution in [0.15, 0.2) is 51.9 Å². The number of hydrogen-bond acceptors (Lipinski definition) is 5. The number of nitrogens with one attached hydrogen (secondary N) is 1. The van der Waals surface area contributed by atoms with E-state index in [1.165, 1.54) is 6.92 Å². The number of ether oxygens (including phenoxy) is 1. The molecular weight excluding hydrogens is 446 g/mol. The lowest BCUT2D eigenvalue weighted by Crippen LogP contribution is -2.18. The first kappa shape index (κ1) is 21.7. The molecular formula is C22H24BrN5O2. The Labute approximate surface area is 184 Å². The number of nitrogens with zero attached hydrogens (tertiary/aromatic N) is 4. The van der Waals surface area contributed by atoms with Crippen molar-refractivity contribution in [1.82, 2.24) is 20.1 Å². The van der Waals surface area contributed by atoms with Gasteiger partial charge < -0.3 is 10.1 Å². The zero-order chi connectivity index (χ0) is 21.7. The Kier molecular flexibility index (Phi) is 6.99. The molecule has 0 aliphatic carbocycles. The minimum absolute atomic E-state index is 0.0394. The summed E-state index contributed by atoms with van der Waals surface area (Å²) in [5.41, 5.74) is 4.02. The molecule has 3 aromatic rings. The van der Waals surface area contributed by atoms with Gasteiger partial charge in [0.1, 0.15) is 18.1 Å². The van der Waals surface area contributed by atoms with Gasteiger partial charge in [0.2, 0.25) is 5.91 Å². The standard InChI is InChI=1S/C18H15BrN4O.C4H9NO/c1-11-21-22-17-10-20-18(12-3-5-13(19)6-4-12)15-9-14(24-2)7-8-16(15)23(11)17;1-3-5-4(2)6/h3-9H,10H2,1-2H3;3H2,1-2H3,(H,5,6). The van der Waals surface area contributed by atoms with Crippen molar-refractivity contribution in [1.29, 1.82) is 0 Å². The maximum absolute atomic E-state index is 9.93. The number of rotatable bonds is 3. The fourth-order valence-corrected chi connectivity index (χ4v) is 3.45. The highest BCUT2D eigenvalue weighted by molar-refractivity contribution is 9.10. The van der Waals surface area contributed by atoms with Crippen LogP contribution in [0.2, 0.25) is 0 Å². The Morgan fingerprint density at radius 3 is 2.53 bits per heavy atom. The molecule has 0 spiro atoms. The third-order valence-electron chi connectivity index (χ3n) is 4.51. The lowest BCUT2D eigenvalue weighted by atomic mass is 10.00. The molecule has 0 bridgehead atoms. The Morgan fingerprint density at radius 1 is 1.20 bits per heavy atom. The first-order valence-corrected chi connectivity index (χ1v) is 10.4. The first-order chi connectivity index (χ1) is 14.4. The lowest BCUT2D eigenvalue weighted by molar-refractivity contribution is -0.118. The van der Waals surface area contributed by atoms with E-state index in [-0.39, 0.29) is 5.91 Å². The summed E-state index contributed by atoms with van der Waals surface area (Å²) < 4.78 is 8.52. The van der Waals surface area contributed by atoms with Gasteiger partial charge in [0.15, 0.2) is 5.82 Å². The molecule has 1 aromatic heterocycles. The monoisotopic (exact) mass is 469 g/mol. The molecule has 156 valence electrons. The molecule has 1 amide bonds. The summed E-state index contributed by atoms with van der Waals surface area (Å²) in [5, 5.41) is 11.0. The third-order valence-corrected chi connectivity index (χ3v) is 5.04. The molecule has 1 N–H and O–H groups in total. The van der Waals surface area contributed by atoms with Crippen molar-refractivity contribution >= 4 is 27.5 Å². The number of carbonyl (C=O) groups excluding carboxylic acids is 1. The Balaban J connectivity index is 0.000000377. The van der Waals surface area contributed by atoms with Gasteiger partial charge in [-0.25, -0.2) is 0 Å². The Hall–Kier alpha value is -3.00. The molecule has 7 nitrogen and oxygen atoms in total.